The summed E-state index contributed by atoms with van der Waals surface area (Å²) in [5.74, 6) is -2.59. The van der Waals surface area contributed by atoms with E-state index in [4.69, 9.17) is 9.15 Å². The SMILES string of the molecule is COc1ccc(/C(O)=C2\C(=O)C(=O)N(Cc3cccnc3)[C@H]2c2ccco2)cc1F. The Bertz CT molecular complexity index is 1130. The predicted octanol–water partition coefficient (Wildman–Crippen LogP) is 3.44. The van der Waals surface area contributed by atoms with E-state index in [9.17, 15) is 19.1 Å². The zero-order valence-corrected chi connectivity index (χ0v) is 15.9. The van der Waals surface area contributed by atoms with Crippen LogP contribution < -0.4 is 4.74 Å². The molecule has 30 heavy (non-hydrogen) atoms. The van der Waals surface area contributed by atoms with E-state index in [1.807, 2.05) is 0 Å². The lowest BCUT2D eigenvalue weighted by atomic mass is 9.99. The highest BCUT2D eigenvalue weighted by molar-refractivity contribution is 6.46. The van der Waals surface area contributed by atoms with Crippen LogP contribution in [0.25, 0.3) is 5.76 Å². The number of rotatable bonds is 5. The number of amides is 1. The summed E-state index contributed by atoms with van der Waals surface area (Å²) >= 11 is 0. The summed E-state index contributed by atoms with van der Waals surface area (Å²) in [5, 5.41) is 10.9. The summed E-state index contributed by atoms with van der Waals surface area (Å²) < 4.78 is 24.5. The molecule has 1 atom stereocenters. The molecule has 4 rings (SSSR count). The molecule has 7 nitrogen and oxygen atoms in total. The first kappa shape index (κ1) is 19.4. The second kappa shape index (κ2) is 7.82. The summed E-state index contributed by atoms with van der Waals surface area (Å²) in [7, 11) is 1.32. The molecule has 1 amide bonds. The van der Waals surface area contributed by atoms with Gasteiger partial charge in [-0.3, -0.25) is 14.6 Å². The Labute approximate surface area is 171 Å². The lowest BCUT2D eigenvalue weighted by molar-refractivity contribution is -0.140. The number of aliphatic hydroxyl groups is 1. The number of aliphatic hydroxyl groups excluding tert-OH is 1. The number of furan rings is 1. The van der Waals surface area contributed by atoms with E-state index in [0.29, 0.717) is 11.3 Å². The van der Waals surface area contributed by atoms with Crippen molar-refractivity contribution in [2.45, 2.75) is 12.6 Å². The number of nitrogens with zero attached hydrogens (tertiary/aromatic N) is 2. The highest BCUT2D eigenvalue weighted by Crippen LogP contribution is 2.40. The number of carbonyl (C=O) groups excluding carboxylic acids is 2. The van der Waals surface area contributed by atoms with Crippen molar-refractivity contribution in [3.05, 3.63) is 89.4 Å². The topological polar surface area (TPSA) is 92.9 Å². The molecular weight excluding hydrogens is 391 g/mol. The molecule has 8 heteroatoms. The number of halogens is 1. The van der Waals surface area contributed by atoms with Gasteiger partial charge in [0.15, 0.2) is 11.6 Å². The average molecular weight is 408 g/mol. The fourth-order valence-corrected chi connectivity index (χ4v) is 3.44. The van der Waals surface area contributed by atoms with Gasteiger partial charge in [0.25, 0.3) is 11.7 Å². The van der Waals surface area contributed by atoms with Crippen molar-refractivity contribution >= 4 is 17.4 Å². The van der Waals surface area contributed by atoms with Crippen LogP contribution in [0.15, 0.2) is 71.1 Å². The van der Waals surface area contributed by atoms with Crippen molar-refractivity contribution in [3.63, 3.8) is 0 Å². The summed E-state index contributed by atoms with van der Waals surface area (Å²) in [4.78, 5) is 31.0. The maximum atomic E-state index is 14.2. The van der Waals surface area contributed by atoms with E-state index in [1.165, 1.54) is 30.4 Å². The number of pyridine rings is 1. The van der Waals surface area contributed by atoms with Crippen molar-refractivity contribution < 1.29 is 28.2 Å². The molecule has 1 aromatic carbocycles. The third-order valence-electron chi connectivity index (χ3n) is 4.85. The number of benzene rings is 1. The predicted molar refractivity (Wildman–Crippen MR) is 104 cm³/mol. The minimum Gasteiger partial charge on any atom is -0.507 e. The standard InChI is InChI=1S/C22H17FN2O5/c1-29-16-7-6-14(10-15(16)23)20(26)18-19(17-5-3-9-30-17)25(22(28)21(18)27)12-13-4-2-8-24-11-13/h2-11,19,26H,12H2,1H3/b20-18+/t19-/m0/s1. The van der Waals surface area contributed by atoms with Gasteiger partial charge in [0.1, 0.15) is 17.6 Å². The van der Waals surface area contributed by atoms with E-state index < -0.39 is 29.3 Å². The number of Topliss-reactive ketones (excluding diaryl/α,β-unsaturated/α-hetero) is 1. The van der Waals surface area contributed by atoms with Crippen LogP contribution in [0, 0.1) is 5.82 Å². The van der Waals surface area contributed by atoms with Crippen molar-refractivity contribution in [3.8, 4) is 5.75 Å². The molecule has 1 aliphatic heterocycles. The Morgan fingerprint density at radius 1 is 1.27 bits per heavy atom. The molecule has 2 aromatic heterocycles. The third-order valence-corrected chi connectivity index (χ3v) is 4.85. The first-order valence-electron chi connectivity index (χ1n) is 9.06. The highest BCUT2D eigenvalue weighted by Gasteiger charge is 2.47. The van der Waals surface area contributed by atoms with Crippen LogP contribution in [-0.4, -0.2) is 33.8 Å². The van der Waals surface area contributed by atoms with E-state index in [1.54, 1.807) is 36.7 Å². The van der Waals surface area contributed by atoms with Crippen LogP contribution in [0.3, 0.4) is 0 Å². The minimum atomic E-state index is -0.967. The molecule has 1 N–H and O–H groups in total. The maximum absolute atomic E-state index is 14.2. The molecule has 0 saturated carbocycles. The summed E-state index contributed by atoms with van der Waals surface area (Å²) in [6, 6.07) is 9.52. The lowest BCUT2D eigenvalue weighted by Gasteiger charge is -2.23. The van der Waals surface area contributed by atoms with Crippen LogP contribution in [0.1, 0.15) is 22.9 Å². The molecular formula is C22H17FN2O5. The van der Waals surface area contributed by atoms with Crippen molar-refractivity contribution in [2.24, 2.45) is 0 Å². The highest BCUT2D eigenvalue weighted by atomic mass is 19.1. The van der Waals surface area contributed by atoms with E-state index in [-0.39, 0.29) is 23.4 Å². The molecule has 1 aliphatic rings. The molecule has 1 saturated heterocycles. The number of hydrogen-bond acceptors (Lipinski definition) is 6. The molecule has 0 unspecified atom stereocenters. The summed E-state index contributed by atoms with van der Waals surface area (Å²) in [5.41, 5.74) is 0.569. The number of carbonyl (C=O) groups is 2. The van der Waals surface area contributed by atoms with Gasteiger partial charge in [-0.2, -0.15) is 0 Å². The van der Waals surface area contributed by atoms with E-state index >= 15 is 0 Å². The second-order valence-corrected chi connectivity index (χ2v) is 6.65. The summed E-state index contributed by atoms with van der Waals surface area (Å²) in [6.07, 6.45) is 4.59. The Morgan fingerprint density at radius 2 is 2.10 bits per heavy atom. The lowest BCUT2D eigenvalue weighted by Crippen LogP contribution is -2.29. The number of likely N-dealkylation sites (tertiary alicyclic amines) is 1. The zero-order chi connectivity index (χ0) is 21.3. The number of methoxy groups -OCH3 is 1. The smallest absolute Gasteiger partial charge is 0.296 e. The van der Waals surface area contributed by atoms with Crippen molar-refractivity contribution in [1.29, 1.82) is 0 Å². The van der Waals surface area contributed by atoms with Gasteiger partial charge in [-0.05, 0) is 42.0 Å². The normalized spacial score (nSPS) is 18.1. The Morgan fingerprint density at radius 3 is 2.73 bits per heavy atom. The quantitative estimate of drug-likeness (QED) is 0.395. The van der Waals surface area contributed by atoms with Crippen molar-refractivity contribution in [1.82, 2.24) is 9.88 Å². The molecule has 1 fully saturated rings. The maximum Gasteiger partial charge on any atom is 0.296 e. The van der Waals surface area contributed by atoms with Gasteiger partial charge in [0, 0.05) is 24.5 Å². The molecule has 3 aromatic rings. The molecule has 3 heterocycles. The van der Waals surface area contributed by atoms with Crippen LogP contribution in [0.2, 0.25) is 0 Å². The van der Waals surface area contributed by atoms with Crippen molar-refractivity contribution in [2.75, 3.05) is 7.11 Å². The molecule has 0 aliphatic carbocycles. The molecule has 0 bridgehead atoms. The number of hydrogen-bond donors (Lipinski definition) is 1. The van der Waals surface area contributed by atoms with Gasteiger partial charge >= 0.3 is 0 Å². The largest absolute Gasteiger partial charge is 0.507 e. The van der Waals surface area contributed by atoms with Crippen LogP contribution in [-0.2, 0) is 16.1 Å². The van der Waals surface area contributed by atoms with Crippen LogP contribution in [0.5, 0.6) is 5.75 Å². The first-order valence-corrected chi connectivity index (χ1v) is 9.06. The van der Waals surface area contributed by atoms with Gasteiger partial charge in [-0.25, -0.2) is 4.39 Å². The van der Waals surface area contributed by atoms with Gasteiger partial charge < -0.3 is 19.2 Å². The number of aromatic nitrogens is 1. The fourth-order valence-electron chi connectivity index (χ4n) is 3.44. The molecule has 0 spiro atoms. The minimum absolute atomic E-state index is 0.00818. The van der Waals surface area contributed by atoms with Gasteiger partial charge in [-0.1, -0.05) is 6.07 Å². The fraction of sp³-hybridized carbons (Fsp3) is 0.136. The monoisotopic (exact) mass is 408 g/mol. The van der Waals surface area contributed by atoms with Crippen LogP contribution in [0.4, 0.5) is 4.39 Å². The zero-order valence-electron chi connectivity index (χ0n) is 15.9. The molecule has 0 radical (unpaired) electrons. The van der Waals surface area contributed by atoms with E-state index in [2.05, 4.69) is 4.98 Å². The Balaban J connectivity index is 1.83. The van der Waals surface area contributed by atoms with Gasteiger partial charge in [0.2, 0.25) is 0 Å². The summed E-state index contributed by atoms with van der Waals surface area (Å²) in [6.45, 7) is 0.0809. The van der Waals surface area contributed by atoms with Gasteiger partial charge in [0.05, 0.1) is 18.9 Å². The Kier molecular flexibility index (Phi) is 5.05. The second-order valence-electron chi connectivity index (χ2n) is 6.65. The van der Waals surface area contributed by atoms with Gasteiger partial charge in [-0.15, -0.1) is 0 Å². The van der Waals surface area contributed by atoms with E-state index in [0.717, 1.165) is 6.07 Å². The number of ketones is 1. The number of ether oxygens (including phenoxy) is 1. The average Bonchev–Trinajstić information content (AvgIpc) is 3.37. The first-order chi connectivity index (χ1) is 14.5. The van der Waals surface area contributed by atoms with Crippen LogP contribution >= 0.6 is 0 Å². The third kappa shape index (κ3) is 3.32. The molecule has 152 valence electrons. The Hall–Kier alpha value is -3.94.